The molecule has 15 heavy (non-hydrogen) atoms. The normalized spacial score (nSPS) is 25.7. The second kappa shape index (κ2) is 4.18. The van der Waals surface area contributed by atoms with E-state index in [0.717, 1.165) is 6.61 Å². The summed E-state index contributed by atoms with van der Waals surface area (Å²) in [5.41, 5.74) is 0. The minimum Gasteiger partial charge on any atom is -0.371 e. The number of piperazine rings is 1. The molecule has 0 saturated carbocycles. The van der Waals surface area contributed by atoms with Crippen molar-refractivity contribution < 1.29 is 14.3 Å². The van der Waals surface area contributed by atoms with Gasteiger partial charge in [-0.1, -0.05) is 6.92 Å². The third-order valence-electron chi connectivity index (χ3n) is 2.80. The van der Waals surface area contributed by atoms with Crippen molar-refractivity contribution in [3.8, 4) is 0 Å². The summed E-state index contributed by atoms with van der Waals surface area (Å²) in [6.07, 6.45) is 0.710. The van der Waals surface area contributed by atoms with Gasteiger partial charge in [0, 0.05) is 26.1 Å². The summed E-state index contributed by atoms with van der Waals surface area (Å²) in [6.45, 7) is 4.81. The Balaban J connectivity index is 1.84. The van der Waals surface area contributed by atoms with Crippen LogP contribution in [0.5, 0.6) is 0 Å². The topological polar surface area (TPSA) is 53.2 Å². The van der Waals surface area contributed by atoms with Crippen LogP contribution in [0.3, 0.4) is 0 Å². The van der Waals surface area contributed by atoms with Gasteiger partial charge in [0.15, 0.2) is 0 Å². The lowest BCUT2D eigenvalue weighted by Crippen LogP contribution is -2.52. The number of epoxide rings is 1. The van der Waals surface area contributed by atoms with Crippen LogP contribution in [-0.2, 0) is 14.3 Å². The summed E-state index contributed by atoms with van der Waals surface area (Å²) in [4.78, 5) is 26.5. The molecule has 0 radical (unpaired) electrons. The van der Waals surface area contributed by atoms with Crippen molar-refractivity contribution in [2.75, 3.05) is 32.8 Å². The van der Waals surface area contributed by atoms with Crippen molar-refractivity contribution in [1.82, 2.24) is 9.80 Å². The standard InChI is InChI=1S/C10H16N2O3/c1-2-9(13)12-4-3-11(10(14)6-12)5-8-7-15-8/h8H,2-7H2,1H3. The molecule has 0 aromatic heterocycles. The first-order valence-corrected chi connectivity index (χ1v) is 5.38. The molecule has 84 valence electrons. The van der Waals surface area contributed by atoms with Gasteiger partial charge >= 0.3 is 0 Å². The highest BCUT2D eigenvalue weighted by Gasteiger charge is 2.31. The van der Waals surface area contributed by atoms with E-state index < -0.39 is 0 Å². The van der Waals surface area contributed by atoms with Crippen LogP contribution in [0.15, 0.2) is 0 Å². The largest absolute Gasteiger partial charge is 0.371 e. The molecule has 2 saturated heterocycles. The Morgan fingerprint density at radius 2 is 2.27 bits per heavy atom. The number of hydrogen-bond acceptors (Lipinski definition) is 3. The average Bonchev–Trinajstić information content (AvgIpc) is 3.04. The van der Waals surface area contributed by atoms with Crippen LogP contribution in [-0.4, -0.2) is 60.5 Å². The van der Waals surface area contributed by atoms with Gasteiger partial charge in [-0.3, -0.25) is 9.59 Å². The van der Waals surface area contributed by atoms with Gasteiger partial charge in [-0.2, -0.15) is 0 Å². The lowest BCUT2D eigenvalue weighted by molar-refractivity contribution is -0.145. The molecule has 0 aromatic rings. The third-order valence-corrected chi connectivity index (χ3v) is 2.80. The van der Waals surface area contributed by atoms with Crippen LogP contribution in [0, 0.1) is 0 Å². The van der Waals surface area contributed by atoms with E-state index in [1.807, 2.05) is 6.92 Å². The monoisotopic (exact) mass is 212 g/mol. The fourth-order valence-electron chi connectivity index (χ4n) is 1.76. The first-order chi connectivity index (χ1) is 7.20. The highest BCUT2D eigenvalue weighted by molar-refractivity contribution is 5.85. The summed E-state index contributed by atoms with van der Waals surface area (Å²) in [6, 6.07) is 0. The molecule has 2 aliphatic heterocycles. The Hall–Kier alpha value is -1.10. The molecular weight excluding hydrogens is 196 g/mol. The van der Waals surface area contributed by atoms with Gasteiger partial charge in [-0.25, -0.2) is 0 Å². The molecule has 5 heteroatoms. The number of carbonyl (C=O) groups excluding carboxylic acids is 2. The van der Waals surface area contributed by atoms with Crippen LogP contribution in [0.2, 0.25) is 0 Å². The summed E-state index contributed by atoms with van der Waals surface area (Å²) in [5.74, 6) is 0.101. The molecule has 1 atom stereocenters. The Bertz CT molecular complexity index is 276. The highest BCUT2D eigenvalue weighted by atomic mass is 16.6. The Kier molecular flexibility index (Phi) is 2.90. The Morgan fingerprint density at radius 3 is 2.80 bits per heavy atom. The van der Waals surface area contributed by atoms with Gasteiger partial charge in [0.2, 0.25) is 11.8 Å². The quantitative estimate of drug-likeness (QED) is 0.591. The van der Waals surface area contributed by atoms with Gasteiger partial charge in [-0.05, 0) is 0 Å². The minimum absolute atomic E-state index is 0.0403. The molecule has 2 rings (SSSR count). The molecule has 2 heterocycles. The lowest BCUT2D eigenvalue weighted by Gasteiger charge is -2.33. The molecule has 2 amide bonds. The SMILES string of the molecule is CCC(=O)N1CCN(CC2CO2)C(=O)C1. The predicted molar refractivity (Wildman–Crippen MR) is 53.2 cm³/mol. The van der Waals surface area contributed by atoms with E-state index >= 15 is 0 Å². The van der Waals surface area contributed by atoms with Crippen molar-refractivity contribution >= 4 is 11.8 Å². The molecule has 2 fully saturated rings. The molecule has 0 aliphatic carbocycles. The molecule has 0 aromatic carbocycles. The van der Waals surface area contributed by atoms with E-state index in [9.17, 15) is 9.59 Å². The molecular formula is C10H16N2O3. The van der Waals surface area contributed by atoms with E-state index in [4.69, 9.17) is 4.74 Å². The number of rotatable bonds is 3. The maximum absolute atomic E-state index is 11.7. The summed E-state index contributed by atoms with van der Waals surface area (Å²) in [5, 5.41) is 0. The zero-order valence-electron chi connectivity index (χ0n) is 8.94. The smallest absolute Gasteiger partial charge is 0.242 e. The van der Waals surface area contributed by atoms with Gasteiger partial charge in [-0.15, -0.1) is 0 Å². The maximum Gasteiger partial charge on any atom is 0.242 e. The number of carbonyl (C=O) groups is 2. The van der Waals surface area contributed by atoms with Crippen molar-refractivity contribution in [2.45, 2.75) is 19.4 Å². The second-order valence-electron chi connectivity index (χ2n) is 3.96. The number of hydrogen-bond donors (Lipinski definition) is 0. The van der Waals surface area contributed by atoms with E-state index in [1.54, 1.807) is 9.80 Å². The fraction of sp³-hybridized carbons (Fsp3) is 0.800. The molecule has 0 N–H and O–H groups in total. The predicted octanol–water partition coefficient (Wildman–Crippen LogP) is -0.534. The molecule has 1 unspecified atom stereocenters. The number of ether oxygens (including phenoxy) is 1. The number of nitrogens with zero attached hydrogens (tertiary/aromatic N) is 2. The van der Waals surface area contributed by atoms with Crippen molar-refractivity contribution in [1.29, 1.82) is 0 Å². The molecule has 0 spiro atoms. The summed E-state index contributed by atoms with van der Waals surface area (Å²) >= 11 is 0. The first kappa shape index (κ1) is 10.4. The summed E-state index contributed by atoms with van der Waals surface area (Å²) in [7, 11) is 0. The zero-order chi connectivity index (χ0) is 10.8. The van der Waals surface area contributed by atoms with Gasteiger partial charge in [0.25, 0.3) is 0 Å². The van der Waals surface area contributed by atoms with E-state index in [-0.39, 0.29) is 24.5 Å². The highest BCUT2D eigenvalue weighted by Crippen LogP contribution is 2.13. The minimum atomic E-state index is 0.0403. The molecule has 5 nitrogen and oxygen atoms in total. The van der Waals surface area contributed by atoms with Crippen LogP contribution in [0.1, 0.15) is 13.3 Å². The average molecular weight is 212 g/mol. The molecule has 0 bridgehead atoms. The van der Waals surface area contributed by atoms with Crippen molar-refractivity contribution in [3.63, 3.8) is 0 Å². The molecule has 2 aliphatic rings. The van der Waals surface area contributed by atoms with E-state index in [2.05, 4.69) is 0 Å². The first-order valence-electron chi connectivity index (χ1n) is 5.38. The third kappa shape index (κ3) is 2.47. The summed E-state index contributed by atoms with van der Waals surface area (Å²) < 4.78 is 5.08. The van der Waals surface area contributed by atoms with Gasteiger partial charge in [0.05, 0.1) is 19.3 Å². The van der Waals surface area contributed by atoms with Crippen molar-refractivity contribution in [2.24, 2.45) is 0 Å². The van der Waals surface area contributed by atoms with Crippen molar-refractivity contribution in [3.05, 3.63) is 0 Å². The fourth-order valence-corrected chi connectivity index (χ4v) is 1.76. The van der Waals surface area contributed by atoms with Crippen LogP contribution >= 0.6 is 0 Å². The van der Waals surface area contributed by atoms with Gasteiger partial charge in [0.1, 0.15) is 0 Å². The Morgan fingerprint density at radius 1 is 1.53 bits per heavy atom. The second-order valence-corrected chi connectivity index (χ2v) is 3.96. The van der Waals surface area contributed by atoms with Crippen LogP contribution < -0.4 is 0 Å². The zero-order valence-corrected chi connectivity index (χ0v) is 8.94. The van der Waals surface area contributed by atoms with Crippen LogP contribution in [0.25, 0.3) is 0 Å². The van der Waals surface area contributed by atoms with Crippen LogP contribution in [0.4, 0.5) is 0 Å². The van der Waals surface area contributed by atoms with E-state index in [1.165, 1.54) is 0 Å². The van der Waals surface area contributed by atoms with E-state index in [0.29, 0.717) is 26.1 Å². The van der Waals surface area contributed by atoms with Gasteiger partial charge < -0.3 is 14.5 Å². The lowest BCUT2D eigenvalue weighted by atomic mass is 10.2. The number of amides is 2. The Labute approximate surface area is 89.0 Å². The maximum atomic E-state index is 11.7.